The number of sulfonamides is 1. The van der Waals surface area contributed by atoms with E-state index in [1.807, 2.05) is 0 Å². The molecule has 88 valence electrons. The zero-order valence-corrected chi connectivity index (χ0v) is 10.9. The number of carbonyl (C=O) groups excluding carboxylic acids is 1. The molecule has 0 aliphatic rings. The van der Waals surface area contributed by atoms with Crippen molar-refractivity contribution < 1.29 is 13.2 Å². The maximum absolute atomic E-state index is 11.8. The summed E-state index contributed by atoms with van der Waals surface area (Å²) < 4.78 is 26.2. The van der Waals surface area contributed by atoms with Gasteiger partial charge >= 0.3 is 0 Å². The van der Waals surface area contributed by atoms with E-state index in [4.69, 9.17) is 0 Å². The summed E-state index contributed by atoms with van der Waals surface area (Å²) in [4.78, 5) is 11.0. The number of benzene rings is 1. The molecule has 0 aliphatic heterocycles. The molecule has 0 saturated carbocycles. The Balaban J connectivity index is 2.87. The van der Waals surface area contributed by atoms with Crippen molar-refractivity contribution in [3.05, 3.63) is 28.7 Å². The fraction of sp³-hybridized carbons (Fsp3) is 0.222. The van der Waals surface area contributed by atoms with Crippen molar-refractivity contribution >= 4 is 31.9 Å². The quantitative estimate of drug-likeness (QED) is 0.849. The van der Waals surface area contributed by atoms with Crippen LogP contribution in [0.15, 0.2) is 33.6 Å². The second-order valence-corrected chi connectivity index (χ2v) is 5.52. The summed E-state index contributed by atoms with van der Waals surface area (Å²) in [5.74, 6) is -0.393. The predicted molar refractivity (Wildman–Crippen MR) is 63.4 cm³/mol. The summed E-state index contributed by atoms with van der Waals surface area (Å²) in [6, 6.07) is 6.39. The van der Waals surface area contributed by atoms with Crippen LogP contribution in [0.3, 0.4) is 0 Å². The summed E-state index contributed by atoms with van der Waals surface area (Å²) >= 11 is 3.14. The highest BCUT2D eigenvalue weighted by atomic mass is 79.9. The summed E-state index contributed by atoms with van der Waals surface area (Å²) in [7, 11) is -2.21. The van der Waals surface area contributed by atoms with Crippen LogP contribution >= 0.6 is 15.9 Å². The third-order valence-electron chi connectivity index (χ3n) is 1.83. The average Bonchev–Trinajstić information content (AvgIpc) is 2.26. The van der Waals surface area contributed by atoms with Crippen molar-refractivity contribution in [1.82, 2.24) is 10.0 Å². The van der Waals surface area contributed by atoms with E-state index in [0.717, 1.165) is 0 Å². The number of hydrogen-bond donors (Lipinski definition) is 2. The molecule has 0 bridgehead atoms. The van der Waals surface area contributed by atoms with E-state index in [9.17, 15) is 13.2 Å². The van der Waals surface area contributed by atoms with Gasteiger partial charge in [-0.15, -0.1) is 0 Å². The zero-order chi connectivity index (χ0) is 12.2. The predicted octanol–water partition coefficient (Wildman–Crippen LogP) is 0.473. The Morgan fingerprint density at radius 2 is 2.00 bits per heavy atom. The molecular formula is C9H11BrN2O3S. The van der Waals surface area contributed by atoms with E-state index in [-0.39, 0.29) is 11.4 Å². The summed E-state index contributed by atoms with van der Waals surface area (Å²) in [5, 5.41) is 2.33. The second kappa shape index (κ2) is 5.42. The van der Waals surface area contributed by atoms with Crippen molar-refractivity contribution in [3.8, 4) is 0 Å². The topological polar surface area (TPSA) is 75.3 Å². The molecule has 1 amide bonds. The summed E-state index contributed by atoms with van der Waals surface area (Å²) in [6.07, 6.45) is 0. The lowest BCUT2D eigenvalue weighted by Gasteiger charge is -2.07. The number of likely N-dealkylation sites (N-methyl/N-ethyl adjacent to an activating group) is 1. The van der Waals surface area contributed by atoms with Crippen LogP contribution in [0.2, 0.25) is 0 Å². The Morgan fingerprint density at radius 1 is 1.38 bits per heavy atom. The van der Waals surface area contributed by atoms with E-state index in [1.54, 1.807) is 18.2 Å². The Hall–Kier alpha value is -0.920. The molecule has 0 heterocycles. The average molecular weight is 307 g/mol. The number of rotatable bonds is 4. The normalized spacial score (nSPS) is 11.1. The van der Waals surface area contributed by atoms with Crippen LogP contribution in [0, 0.1) is 0 Å². The molecule has 0 fully saturated rings. The van der Waals surface area contributed by atoms with E-state index >= 15 is 0 Å². The molecule has 0 saturated heterocycles. The lowest BCUT2D eigenvalue weighted by atomic mass is 10.4. The fourth-order valence-electron chi connectivity index (χ4n) is 0.989. The van der Waals surface area contributed by atoms with Crippen LogP contribution in [0.5, 0.6) is 0 Å². The second-order valence-electron chi connectivity index (χ2n) is 2.93. The van der Waals surface area contributed by atoms with Crippen LogP contribution in [-0.4, -0.2) is 27.9 Å². The van der Waals surface area contributed by atoms with Crippen LogP contribution in [-0.2, 0) is 14.8 Å². The fourth-order valence-corrected chi connectivity index (χ4v) is 2.97. The SMILES string of the molecule is CNC(=O)CNS(=O)(=O)c1ccccc1Br. The lowest BCUT2D eigenvalue weighted by Crippen LogP contribution is -2.35. The van der Waals surface area contributed by atoms with E-state index in [2.05, 4.69) is 26.0 Å². The maximum Gasteiger partial charge on any atom is 0.242 e. The van der Waals surface area contributed by atoms with Crippen molar-refractivity contribution in [2.45, 2.75) is 4.90 Å². The molecule has 0 radical (unpaired) electrons. The molecule has 7 heteroatoms. The number of hydrogen-bond acceptors (Lipinski definition) is 3. The summed E-state index contributed by atoms with van der Waals surface area (Å²) in [5.41, 5.74) is 0. The zero-order valence-electron chi connectivity index (χ0n) is 8.53. The highest BCUT2D eigenvalue weighted by Gasteiger charge is 2.17. The molecular weight excluding hydrogens is 296 g/mol. The standard InChI is InChI=1S/C9H11BrN2O3S/c1-11-9(13)6-12-16(14,15)8-5-3-2-4-7(8)10/h2-5,12H,6H2,1H3,(H,11,13). The molecule has 0 spiro atoms. The first kappa shape index (κ1) is 13.1. The Bertz CT molecular complexity index is 487. The number of halogens is 1. The molecule has 0 aliphatic carbocycles. The van der Waals surface area contributed by atoms with Crippen LogP contribution in [0.4, 0.5) is 0 Å². The van der Waals surface area contributed by atoms with Crippen molar-refractivity contribution in [2.75, 3.05) is 13.6 Å². The highest BCUT2D eigenvalue weighted by molar-refractivity contribution is 9.10. The Kier molecular flexibility index (Phi) is 4.45. The van der Waals surface area contributed by atoms with Crippen molar-refractivity contribution in [2.24, 2.45) is 0 Å². The van der Waals surface area contributed by atoms with Crippen LogP contribution in [0.25, 0.3) is 0 Å². The van der Waals surface area contributed by atoms with Crippen LogP contribution in [0.1, 0.15) is 0 Å². The third kappa shape index (κ3) is 3.29. The van der Waals surface area contributed by atoms with Gasteiger partial charge in [-0.2, -0.15) is 0 Å². The molecule has 16 heavy (non-hydrogen) atoms. The van der Waals surface area contributed by atoms with Gasteiger partial charge in [0.1, 0.15) is 0 Å². The maximum atomic E-state index is 11.8. The minimum atomic E-state index is -3.65. The van der Waals surface area contributed by atoms with Gasteiger partial charge in [0.25, 0.3) is 0 Å². The molecule has 1 rings (SSSR count). The third-order valence-corrected chi connectivity index (χ3v) is 4.24. The Labute approximate surface area is 102 Å². The van der Waals surface area contributed by atoms with E-state index < -0.39 is 15.9 Å². The van der Waals surface area contributed by atoms with Crippen molar-refractivity contribution in [1.29, 1.82) is 0 Å². The molecule has 5 nitrogen and oxygen atoms in total. The first-order valence-electron chi connectivity index (χ1n) is 4.42. The number of nitrogens with one attached hydrogen (secondary N) is 2. The van der Waals surface area contributed by atoms with E-state index in [1.165, 1.54) is 13.1 Å². The molecule has 1 aromatic rings. The van der Waals surface area contributed by atoms with Crippen LogP contribution < -0.4 is 10.0 Å². The van der Waals surface area contributed by atoms with Gasteiger partial charge in [-0.05, 0) is 28.1 Å². The highest BCUT2D eigenvalue weighted by Crippen LogP contribution is 2.20. The first-order chi connectivity index (χ1) is 7.47. The molecule has 0 aromatic heterocycles. The van der Waals surface area contributed by atoms with Gasteiger partial charge in [0.05, 0.1) is 11.4 Å². The van der Waals surface area contributed by atoms with Crippen molar-refractivity contribution in [3.63, 3.8) is 0 Å². The van der Waals surface area contributed by atoms with Gasteiger partial charge in [-0.25, -0.2) is 13.1 Å². The molecule has 0 atom stereocenters. The first-order valence-corrected chi connectivity index (χ1v) is 6.70. The largest absolute Gasteiger partial charge is 0.358 e. The Morgan fingerprint density at radius 3 is 2.56 bits per heavy atom. The van der Waals surface area contributed by atoms with Gasteiger partial charge in [-0.3, -0.25) is 4.79 Å². The lowest BCUT2D eigenvalue weighted by molar-refractivity contribution is -0.119. The van der Waals surface area contributed by atoms with Gasteiger partial charge < -0.3 is 5.32 Å². The minimum Gasteiger partial charge on any atom is -0.358 e. The number of carbonyl (C=O) groups is 1. The number of amides is 1. The van der Waals surface area contributed by atoms with E-state index in [0.29, 0.717) is 4.47 Å². The smallest absolute Gasteiger partial charge is 0.242 e. The van der Waals surface area contributed by atoms with Gasteiger partial charge in [0.15, 0.2) is 0 Å². The summed E-state index contributed by atoms with van der Waals surface area (Å²) in [6.45, 7) is -0.278. The molecule has 0 unspecified atom stereocenters. The minimum absolute atomic E-state index is 0.110. The molecule has 2 N–H and O–H groups in total. The monoisotopic (exact) mass is 306 g/mol. The van der Waals surface area contributed by atoms with Gasteiger partial charge in [-0.1, -0.05) is 12.1 Å². The van der Waals surface area contributed by atoms with Gasteiger partial charge in [0, 0.05) is 11.5 Å². The van der Waals surface area contributed by atoms with Gasteiger partial charge in [0.2, 0.25) is 15.9 Å². The molecule has 1 aromatic carbocycles.